The minimum Gasteiger partial charge on any atom is -0.490 e. The number of rotatable bonds is 6. The van der Waals surface area contributed by atoms with E-state index in [-0.39, 0.29) is 34.6 Å². The second kappa shape index (κ2) is 8.85. The van der Waals surface area contributed by atoms with Gasteiger partial charge in [-0.25, -0.2) is 8.42 Å². The number of anilines is 1. The van der Waals surface area contributed by atoms with Crippen molar-refractivity contribution in [3.05, 3.63) is 16.6 Å². The molecule has 2 unspecified atom stereocenters. The SMILES string of the molecule is CCOc1cc(Br)c(N2C(=NC(=O)C(C)C)SC3CS(=O)(=O)CC32)cc1OCC. The van der Waals surface area contributed by atoms with E-state index in [9.17, 15) is 13.2 Å². The van der Waals surface area contributed by atoms with E-state index >= 15 is 0 Å². The zero-order valence-corrected chi connectivity index (χ0v) is 20.1. The predicted molar refractivity (Wildman–Crippen MR) is 120 cm³/mol. The minimum absolute atomic E-state index is 0.0309. The van der Waals surface area contributed by atoms with Gasteiger partial charge in [-0.1, -0.05) is 25.6 Å². The monoisotopic (exact) mass is 504 g/mol. The highest BCUT2D eigenvalue weighted by molar-refractivity contribution is 9.10. The molecule has 0 aliphatic carbocycles. The van der Waals surface area contributed by atoms with E-state index in [4.69, 9.17) is 9.47 Å². The summed E-state index contributed by atoms with van der Waals surface area (Å²) in [5.41, 5.74) is 0.712. The van der Waals surface area contributed by atoms with Gasteiger partial charge in [0.1, 0.15) is 0 Å². The summed E-state index contributed by atoms with van der Waals surface area (Å²) in [6.45, 7) is 8.32. The van der Waals surface area contributed by atoms with Crippen molar-refractivity contribution < 1.29 is 22.7 Å². The van der Waals surface area contributed by atoms with Crippen LogP contribution in [0.3, 0.4) is 0 Å². The molecule has 2 atom stereocenters. The maximum absolute atomic E-state index is 12.3. The molecule has 1 aromatic rings. The number of ether oxygens (including phenoxy) is 2. The molecule has 7 nitrogen and oxygen atoms in total. The van der Waals surface area contributed by atoms with Crippen LogP contribution in [0.1, 0.15) is 27.7 Å². The third-order valence-electron chi connectivity index (χ3n) is 4.64. The summed E-state index contributed by atoms with van der Waals surface area (Å²) in [5.74, 6) is 0.814. The fourth-order valence-corrected chi connectivity index (χ4v) is 7.74. The van der Waals surface area contributed by atoms with E-state index in [1.165, 1.54) is 11.8 Å². The van der Waals surface area contributed by atoms with Gasteiger partial charge in [-0.05, 0) is 29.8 Å². The number of hydrogen-bond donors (Lipinski definition) is 0. The molecule has 1 amide bonds. The molecule has 0 N–H and O–H groups in total. The first-order valence-electron chi connectivity index (χ1n) is 9.54. The molecule has 0 aromatic heterocycles. The van der Waals surface area contributed by atoms with Crippen LogP contribution in [0.25, 0.3) is 0 Å². The third-order valence-corrected chi connectivity index (χ3v) is 8.48. The highest BCUT2D eigenvalue weighted by Gasteiger charge is 2.50. The normalized spacial score (nSPS) is 24.2. The zero-order chi connectivity index (χ0) is 21.3. The molecule has 0 spiro atoms. The van der Waals surface area contributed by atoms with E-state index in [1.807, 2.05) is 30.9 Å². The van der Waals surface area contributed by atoms with E-state index in [2.05, 4.69) is 20.9 Å². The van der Waals surface area contributed by atoms with Gasteiger partial charge in [0.15, 0.2) is 26.5 Å². The molecular formula is C19H25BrN2O5S2. The minimum atomic E-state index is -3.14. The molecular weight excluding hydrogens is 480 g/mol. The van der Waals surface area contributed by atoms with Crippen LogP contribution in [0.4, 0.5) is 5.69 Å². The Bertz CT molecular complexity index is 933. The van der Waals surface area contributed by atoms with Crippen molar-refractivity contribution >= 4 is 54.3 Å². The van der Waals surface area contributed by atoms with Gasteiger partial charge in [0.05, 0.1) is 36.4 Å². The number of hydrogen-bond acceptors (Lipinski definition) is 6. The highest BCUT2D eigenvalue weighted by Crippen LogP contribution is 2.46. The number of carbonyl (C=O) groups is 1. The van der Waals surface area contributed by atoms with Crippen LogP contribution in [-0.4, -0.2) is 55.5 Å². The predicted octanol–water partition coefficient (Wildman–Crippen LogP) is 3.50. The van der Waals surface area contributed by atoms with E-state index in [1.54, 1.807) is 13.8 Å². The lowest BCUT2D eigenvalue weighted by Gasteiger charge is -2.27. The van der Waals surface area contributed by atoms with Gasteiger partial charge < -0.3 is 14.4 Å². The van der Waals surface area contributed by atoms with Crippen molar-refractivity contribution in [2.24, 2.45) is 10.9 Å². The largest absolute Gasteiger partial charge is 0.490 e. The number of aliphatic imine (C=N–C) groups is 1. The molecule has 160 valence electrons. The number of amidine groups is 1. The quantitative estimate of drug-likeness (QED) is 0.585. The molecule has 0 radical (unpaired) electrons. The Morgan fingerprint density at radius 3 is 2.45 bits per heavy atom. The number of carbonyl (C=O) groups excluding carboxylic acids is 1. The van der Waals surface area contributed by atoms with Gasteiger partial charge in [0.25, 0.3) is 5.91 Å². The molecule has 2 aliphatic heterocycles. The number of sulfone groups is 1. The second-order valence-electron chi connectivity index (χ2n) is 7.17. The van der Waals surface area contributed by atoms with E-state index in [0.29, 0.717) is 35.6 Å². The summed E-state index contributed by atoms with van der Waals surface area (Å²) in [6, 6.07) is 3.35. The van der Waals surface area contributed by atoms with Gasteiger partial charge in [0.2, 0.25) is 0 Å². The number of benzene rings is 1. The summed E-state index contributed by atoms with van der Waals surface area (Å²) in [6.07, 6.45) is 0. The molecule has 2 aliphatic rings. The Morgan fingerprint density at radius 2 is 1.86 bits per heavy atom. The molecule has 29 heavy (non-hydrogen) atoms. The molecule has 2 saturated heterocycles. The first kappa shape index (κ1) is 22.4. The molecule has 0 saturated carbocycles. The van der Waals surface area contributed by atoms with Crippen molar-refractivity contribution in [1.82, 2.24) is 0 Å². The number of fused-ring (bicyclic) bond motifs is 1. The van der Waals surface area contributed by atoms with Crippen LogP contribution < -0.4 is 14.4 Å². The average molecular weight is 505 g/mol. The van der Waals surface area contributed by atoms with Gasteiger partial charge in [-0.3, -0.25) is 4.79 Å². The lowest BCUT2D eigenvalue weighted by molar-refractivity contribution is -0.120. The Balaban J connectivity index is 2.10. The molecule has 10 heteroatoms. The van der Waals surface area contributed by atoms with Crippen LogP contribution in [0, 0.1) is 5.92 Å². The van der Waals surface area contributed by atoms with Crippen molar-refractivity contribution in [1.29, 1.82) is 0 Å². The number of thioether (sulfide) groups is 1. The van der Waals surface area contributed by atoms with Gasteiger partial charge in [-0.15, -0.1) is 0 Å². The van der Waals surface area contributed by atoms with Crippen molar-refractivity contribution in [2.45, 2.75) is 39.0 Å². The average Bonchev–Trinajstić information content (AvgIpc) is 3.08. The standard InChI is InChI=1S/C19H25BrN2O5S2/c1-5-26-15-7-12(20)13(8-16(15)27-6-2)22-14-9-29(24,25)10-17(14)28-19(22)21-18(23)11(3)4/h7-8,11,14,17H,5-6,9-10H2,1-4H3. The zero-order valence-electron chi connectivity index (χ0n) is 16.8. The Hall–Kier alpha value is -1.26. The summed E-state index contributed by atoms with van der Waals surface area (Å²) >= 11 is 4.94. The van der Waals surface area contributed by atoms with Crippen molar-refractivity contribution in [2.75, 3.05) is 29.6 Å². The summed E-state index contributed by atoms with van der Waals surface area (Å²) < 4.78 is 36.6. The van der Waals surface area contributed by atoms with Crippen LogP contribution in [0.5, 0.6) is 11.5 Å². The third kappa shape index (κ3) is 4.74. The second-order valence-corrected chi connectivity index (χ2v) is 11.4. The fourth-order valence-electron chi connectivity index (χ4n) is 3.32. The summed E-state index contributed by atoms with van der Waals surface area (Å²) in [5, 5.41) is 0.369. The van der Waals surface area contributed by atoms with E-state index in [0.717, 1.165) is 4.47 Å². The maximum atomic E-state index is 12.3. The summed E-state index contributed by atoms with van der Waals surface area (Å²) in [7, 11) is -3.14. The smallest absolute Gasteiger partial charge is 0.250 e. The van der Waals surface area contributed by atoms with Crippen LogP contribution in [-0.2, 0) is 14.6 Å². The Kier molecular flexibility index (Phi) is 6.84. The van der Waals surface area contributed by atoms with Gasteiger partial charge in [-0.2, -0.15) is 4.99 Å². The molecule has 0 bridgehead atoms. The maximum Gasteiger partial charge on any atom is 0.250 e. The first-order valence-corrected chi connectivity index (χ1v) is 13.0. The van der Waals surface area contributed by atoms with Crippen molar-refractivity contribution in [3.63, 3.8) is 0 Å². The Labute approximate surface area is 184 Å². The topological polar surface area (TPSA) is 85.3 Å². The Morgan fingerprint density at radius 1 is 1.24 bits per heavy atom. The van der Waals surface area contributed by atoms with E-state index < -0.39 is 9.84 Å². The molecule has 2 fully saturated rings. The highest BCUT2D eigenvalue weighted by atomic mass is 79.9. The van der Waals surface area contributed by atoms with Gasteiger partial charge >= 0.3 is 0 Å². The molecule has 2 heterocycles. The lowest BCUT2D eigenvalue weighted by atomic mass is 10.2. The number of nitrogens with zero attached hydrogens (tertiary/aromatic N) is 2. The van der Waals surface area contributed by atoms with Crippen molar-refractivity contribution in [3.8, 4) is 11.5 Å². The fraction of sp³-hybridized carbons (Fsp3) is 0.579. The molecule has 3 rings (SSSR count). The lowest BCUT2D eigenvalue weighted by Crippen LogP contribution is -2.38. The van der Waals surface area contributed by atoms with Crippen LogP contribution in [0.15, 0.2) is 21.6 Å². The van der Waals surface area contributed by atoms with Crippen LogP contribution >= 0.6 is 27.7 Å². The number of halogens is 1. The number of amides is 1. The first-order chi connectivity index (χ1) is 13.7. The summed E-state index contributed by atoms with van der Waals surface area (Å²) in [4.78, 5) is 18.5. The van der Waals surface area contributed by atoms with Gasteiger partial charge in [0, 0.05) is 27.8 Å². The molecule has 1 aromatic carbocycles. The van der Waals surface area contributed by atoms with Crippen LogP contribution in [0.2, 0.25) is 0 Å².